The third-order valence-corrected chi connectivity index (χ3v) is 13.5. The number of rotatable bonds is 10. The Labute approximate surface area is 367 Å². The van der Waals surface area contributed by atoms with Gasteiger partial charge in [0.1, 0.15) is 10.0 Å². The molecule has 0 saturated carbocycles. The third kappa shape index (κ3) is 6.66. The van der Waals surface area contributed by atoms with Crippen molar-refractivity contribution < 1.29 is 9.47 Å². The Morgan fingerprint density at radius 3 is 1.06 bits per heavy atom. The van der Waals surface area contributed by atoms with Gasteiger partial charge < -0.3 is 19.3 Å². The fraction of sp³-hybridized carbons (Fsp3) is 0.0370. The van der Waals surface area contributed by atoms with Gasteiger partial charge in [0, 0.05) is 55.4 Å². The van der Waals surface area contributed by atoms with E-state index in [1.807, 2.05) is 12.1 Å². The molecule has 0 unspecified atom stereocenters. The monoisotopic (exact) mass is 838 g/mol. The topological polar surface area (TPSA) is 50.7 Å². The number of nitrogens with zero attached hydrogens (tertiary/aromatic N) is 4. The van der Waals surface area contributed by atoms with E-state index in [9.17, 15) is 0 Å². The minimum atomic E-state index is 0.614. The van der Waals surface area contributed by atoms with Gasteiger partial charge in [0.15, 0.2) is 11.5 Å². The molecular formula is C54H38N4O2S2. The van der Waals surface area contributed by atoms with E-state index >= 15 is 0 Å². The largest absolute Gasteiger partial charge is 0.493 e. The molecule has 8 aromatic carbocycles. The fourth-order valence-electron chi connectivity index (χ4n) is 8.34. The third-order valence-electron chi connectivity index (χ3n) is 11.3. The fourth-order valence-corrected chi connectivity index (χ4v) is 10.4. The van der Waals surface area contributed by atoms with Crippen molar-refractivity contribution in [3.63, 3.8) is 0 Å². The summed E-state index contributed by atoms with van der Waals surface area (Å²) in [5, 5.41) is 6.59. The molecule has 298 valence electrons. The zero-order valence-corrected chi connectivity index (χ0v) is 35.5. The summed E-state index contributed by atoms with van der Waals surface area (Å²) in [6, 6.07) is 68.4. The second kappa shape index (κ2) is 15.8. The molecule has 11 aromatic rings. The number of methoxy groups -OCH3 is 2. The molecular weight excluding hydrogens is 801 g/mol. The minimum absolute atomic E-state index is 0.614. The number of fused-ring (bicyclic) bond motifs is 7. The van der Waals surface area contributed by atoms with Crippen molar-refractivity contribution in [2.24, 2.45) is 0 Å². The second-order valence-electron chi connectivity index (χ2n) is 14.9. The van der Waals surface area contributed by atoms with Crippen LogP contribution in [0.3, 0.4) is 0 Å². The highest BCUT2D eigenvalue weighted by molar-refractivity contribution is 7.20. The molecule has 0 amide bonds. The number of benzene rings is 8. The van der Waals surface area contributed by atoms with Gasteiger partial charge >= 0.3 is 0 Å². The van der Waals surface area contributed by atoms with E-state index in [2.05, 4.69) is 192 Å². The maximum atomic E-state index is 5.72. The summed E-state index contributed by atoms with van der Waals surface area (Å²) in [7, 11) is 3.30. The summed E-state index contributed by atoms with van der Waals surface area (Å²) in [4.78, 5) is 17.7. The van der Waals surface area contributed by atoms with Gasteiger partial charge in [0.25, 0.3) is 0 Å². The number of hydrogen-bond acceptors (Lipinski definition) is 8. The molecule has 0 atom stereocenters. The second-order valence-corrected chi connectivity index (χ2v) is 17.1. The minimum Gasteiger partial charge on any atom is -0.493 e. The molecule has 0 N–H and O–H groups in total. The first-order valence-electron chi connectivity index (χ1n) is 20.4. The molecule has 0 aliphatic rings. The van der Waals surface area contributed by atoms with Crippen molar-refractivity contribution in [1.29, 1.82) is 0 Å². The van der Waals surface area contributed by atoms with Gasteiger partial charge in [-0.05, 0) is 107 Å². The number of aromatic nitrogens is 2. The Hall–Kier alpha value is -7.52. The maximum absolute atomic E-state index is 5.72. The Morgan fingerprint density at radius 2 is 0.726 bits per heavy atom. The van der Waals surface area contributed by atoms with Crippen LogP contribution in [0.5, 0.6) is 11.5 Å². The molecule has 0 spiro atoms. The van der Waals surface area contributed by atoms with Crippen LogP contribution in [0.25, 0.3) is 64.5 Å². The van der Waals surface area contributed by atoms with Crippen LogP contribution in [0, 0.1) is 0 Å². The van der Waals surface area contributed by atoms with Crippen LogP contribution in [-0.2, 0) is 0 Å². The van der Waals surface area contributed by atoms with E-state index in [1.165, 1.54) is 0 Å². The summed E-state index contributed by atoms with van der Waals surface area (Å²) in [5.74, 6) is 1.23. The predicted molar refractivity (Wildman–Crippen MR) is 261 cm³/mol. The normalized spacial score (nSPS) is 11.4. The molecule has 3 heterocycles. The first-order valence-corrected chi connectivity index (χ1v) is 22.0. The molecule has 62 heavy (non-hydrogen) atoms. The van der Waals surface area contributed by atoms with Crippen LogP contribution in [-0.4, -0.2) is 24.2 Å². The molecule has 0 bridgehead atoms. The molecule has 0 fully saturated rings. The van der Waals surface area contributed by atoms with Crippen molar-refractivity contribution in [3.8, 4) is 32.4 Å². The molecule has 0 saturated heterocycles. The summed E-state index contributed by atoms with van der Waals surface area (Å²) in [5.41, 5.74) is 9.83. The lowest BCUT2D eigenvalue weighted by Gasteiger charge is -2.23. The van der Waals surface area contributed by atoms with Crippen LogP contribution in [0.15, 0.2) is 194 Å². The van der Waals surface area contributed by atoms with Crippen molar-refractivity contribution in [2.45, 2.75) is 0 Å². The maximum Gasteiger partial charge on any atom is 0.163 e. The molecule has 6 nitrogen and oxygen atoms in total. The van der Waals surface area contributed by atoms with E-state index < -0.39 is 0 Å². The Kier molecular flexibility index (Phi) is 9.56. The van der Waals surface area contributed by atoms with Crippen molar-refractivity contribution in [3.05, 3.63) is 194 Å². The first-order chi connectivity index (χ1) is 30.6. The number of para-hydroxylation sites is 4. The first kappa shape index (κ1) is 37.5. The Bertz CT molecular complexity index is 3090. The highest BCUT2D eigenvalue weighted by Crippen LogP contribution is 2.46. The van der Waals surface area contributed by atoms with E-state index in [0.29, 0.717) is 11.5 Å². The van der Waals surface area contributed by atoms with Gasteiger partial charge in [-0.15, -0.1) is 22.7 Å². The van der Waals surface area contributed by atoms with Gasteiger partial charge in [0.05, 0.1) is 36.3 Å². The number of anilines is 6. The summed E-state index contributed by atoms with van der Waals surface area (Å²) < 4.78 is 11.4. The Morgan fingerprint density at radius 1 is 0.371 bits per heavy atom. The molecule has 8 heteroatoms. The van der Waals surface area contributed by atoms with Gasteiger partial charge in [-0.2, -0.15) is 0 Å². The number of ether oxygens (including phenoxy) is 2. The highest BCUT2D eigenvalue weighted by atomic mass is 32.1. The summed E-state index contributed by atoms with van der Waals surface area (Å²) >= 11 is 3.54. The smallest absolute Gasteiger partial charge is 0.163 e. The van der Waals surface area contributed by atoms with Crippen molar-refractivity contribution in [2.75, 3.05) is 24.0 Å². The van der Waals surface area contributed by atoms with E-state index in [1.54, 1.807) is 36.9 Å². The lowest BCUT2D eigenvalue weighted by molar-refractivity contribution is 0.355. The molecule has 0 aliphatic heterocycles. The molecule has 0 aliphatic carbocycles. The molecule has 0 radical (unpaired) electrons. The van der Waals surface area contributed by atoms with E-state index in [-0.39, 0.29) is 0 Å². The average Bonchev–Trinajstić information content (AvgIpc) is 4.03. The molecule has 3 aromatic heterocycles. The van der Waals surface area contributed by atoms with Crippen LogP contribution in [0.1, 0.15) is 0 Å². The summed E-state index contributed by atoms with van der Waals surface area (Å²) in [6.45, 7) is 0. The van der Waals surface area contributed by atoms with Gasteiger partial charge in [-0.25, -0.2) is 9.97 Å². The zero-order chi connectivity index (χ0) is 41.6. The average molecular weight is 839 g/mol. The zero-order valence-electron chi connectivity index (χ0n) is 33.9. The lowest BCUT2D eigenvalue weighted by atomic mass is 9.95. The van der Waals surface area contributed by atoms with Gasteiger partial charge in [0.2, 0.25) is 0 Å². The van der Waals surface area contributed by atoms with E-state index in [0.717, 1.165) is 97.2 Å². The number of thiophene rings is 2. The highest BCUT2D eigenvalue weighted by Gasteiger charge is 2.20. The number of hydrogen-bond donors (Lipinski definition) is 0. The Balaban J connectivity index is 1.07. The summed E-state index contributed by atoms with van der Waals surface area (Å²) in [6.07, 6.45) is 0. The molecule has 11 rings (SSSR count). The van der Waals surface area contributed by atoms with Crippen molar-refractivity contribution in [1.82, 2.24) is 9.97 Å². The predicted octanol–water partition coefficient (Wildman–Crippen LogP) is 15.5. The van der Waals surface area contributed by atoms with Gasteiger partial charge in [-0.1, -0.05) is 97.1 Å². The lowest BCUT2D eigenvalue weighted by Crippen LogP contribution is -2.07. The standard InChI is InChI=1S/C54H38N4O2S2/c1-59-47-33-45-46(34-48(47)60-2)56-54-44-32-36(50-28-30-52(62-50)58(39-19-11-5-12-20-39)40-21-13-6-14-22-40)24-26-42(44)41-25-23-35(31-43(41)53(54)55-45)49-27-29-51(61-49)57(37-15-7-3-8-16-37)38-17-9-4-10-18-38/h3-34H,1-2H3. The van der Waals surface area contributed by atoms with E-state index in [4.69, 9.17) is 19.4 Å². The quantitative estimate of drug-likeness (QED) is 0.101. The van der Waals surface area contributed by atoms with Crippen molar-refractivity contribution >= 4 is 99.0 Å². The SMILES string of the molecule is COc1cc2nc3c4cc(-c5ccc(N(c6ccccc6)c6ccccc6)s5)ccc4c4ccc(-c5ccc(N(c6ccccc6)c6ccccc6)s5)cc4c3nc2cc1OC. The van der Waals surface area contributed by atoms with Crippen LogP contribution >= 0.6 is 22.7 Å². The van der Waals surface area contributed by atoms with Crippen LogP contribution < -0.4 is 19.3 Å². The van der Waals surface area contributed by atoms with Crippen LogP contribution in [0.4, 0.5) is 32.8 Å². The van der Waals surface area contributed by atoms with Crippen LogP contribution in [0.2, 0.25) is 0 Å². The van der Waals surface area contributed by atoms with Gasteiger partial charge in [-0.3, -0.25) is 0 Å².